The number of Topliss-reactive ketones (excluding diaryl/α,β-unsaturated/α-hetero) is 1. The highest BCUT2D eigenvalue weighted by Crippen LogP contribution is 2.15. The van der Waals surface area contributed by atoms with Crippen LogP contribution in [0.25, 0.3) is 5.53 Å². The van der Waals surface area contributed by atoms with E-state index in [0.717, 1.165) is 32.1 Å². The molecule has 0 aliphatic carbocycles. The van der Waals surface area contributed by atoms with Gasteiger partial charge in [0, 0.05) is 5.92 Å². The molecule has 4 nitrogen and oxygen atoms in total. The Balaban J connectivity index is 2.44. The van der Waals surface area contributed by atoms with Gasteiger partial charge in [-0.15, -0.1) is 0 Å². The Hall–Kier alpha value is -0.990. The number of hydrogen-bond donors (Lipinski definition) is 0. The first-order valence-corrected chi connectivity index (χ1v) is 4.14. The minimum Gasteiger partial charge on any atom is -0.361 e. The van der Waals surface area contributed by atoms with Crippen molar-refractivity contribution in [1.29, 1.82) is 0 Å². The van der Waals surface area contributed by atoms with Crippen LogP contribution >= 0.6 is 0 Å². The predicted octanol–water partition coefficient (Wildman–Crippen LogP) is 0.198. The first-order valence-electron chi connectivity index (χ1n) is 4.14. The molecule has 0 N–H and O–H groups in total. The zero-order chi connectivity index (χ0) is 8.97. The summed E-state index contributed by atoms with van der Waals surface area (Å²) in [5.41, 5.74) is 8.16. The molecule has 1 aliphatic heterocycles. The number of ketones is 1. The van der Waals surface area contributed by atoms with E-state index in [0.29, 0.717) is 0 Å². The molecule has 0 unspecified atom stereocenters. The van der Waals surface area contributed by atoms with Gasteiger partial charge in [0.15, 0.2) is 0 Å². The van der Waals surface area contributed by atoms with Crippen LogP contribution in [0.4, 0.5) is 0 Å². The highest BCUT2D eigenvalue weighted by molar-refractivity contribution is 6.26. The van der Waals surface area contributed by atoms with Crippen LogP contribution in [0.5, 0.6) is 0 Å². The number of carbonyl (C=O) groups excluding carboxylic acids is 1. The Morgan fingerprint density at radius 3 is 2.67 bits per heavy atom. The minimum atomic E-state index is -0.0504. The van der Waals surface area contributed by atoms with Crippen LogP contribution in [0.2, 0.25) is 0 Å². The van der Waals surface area contributed by atoms with E-state index in [9.17, 15) is 4.79 Å². The van der Waals surface area contributed by atoms with Gasteiger partial charge in [-0.05, 0) is 33.0 Å². The van der Waals surface area contributed by atoms with E-state index in [1.165, 1.54) is 0 Å². The van der Waals surface area contributed by atoms with Gasteiger partial charge in [0.25, 0.3) is 0 Å². The second-order valence-corrected chi connectivity index (χ2v) is 3.22. The molecule has 0 spiro atoms. The fourth-order valence-corrected chi connectivity index (χ4v) is 1.46. The van der Waals surface area contributed by atoms with Crippen LogP contribution < -0.4 is 0 Å². The third-order valence-corrected chi connectivity index (χ3v) is 2.31. The molecule has 1 aliphatic rings. The topological polar surface area (TPSA) is 56.7 Å². The summed E-state index contributed by atoms with van der Waals surface area (Å²) in [5, 5.41) is 0. The monoisotopic (exact) mass is 167 g/mol. The van der Waals surface area contributed by atoms with Crippen molar-refractivity contribution >= 4 is 12.0 Å². The van der Waals surface area contributed by atoms with E-state index >= 15 is 0 Å². The van der Waals surface area contributed by atoms with Crippen LogP contribution in [-0.4, -0.2) is 41.8 Å². The predicted molar refractivity (Wildman–Crippen MR) is 44.9 cm³/mol. The Morgan fingerprint density at radius 2 is 2.17 bits per heavy atom. The van der Waals surface area contributed by atoms with Crippen molar-refractivity contribution in [3.8, 4) is 0 Å². The van der Waals surface area contributed by atoms with Gasteiger partial charge in [-0.1, -0.05) is 0 Å². The van der Waals surface area contributed by atoms with Gasteiger partial charge in [0.05, 0.1) is 0 Å². The number of nitrogens with zero attached hydrogens (tertiary/aromatic N) is 3. The van der Waals surface area contributed by atoms with E-state index in [2.05, 4.69) is 9.69 Å². The van der Waals surface area contributed by atoms with Crippen LogP contribution in [0.3, 0.4) is 0 Å². The first kappa shape index (κ1) is 9.10. The molecule has 0 aromatic rings. The Labute approximate surface area is 71.8 Å². The molecule has 0 saturated carbocycles. The molecule has 0 bridgehead atoms. The quantitative estimate of drug-likeness (QED) is 0.335. The molecule has 0 radical (unpaired) electrons. The molecule has 1 heterocycles. The van der Waals surface area contributed by atoms with E-state index < -0.39 is 0 Å². The average Bonchev–Trinajstić information content (AvgIpc) is 2.06. The van der Waals surface area contributed by atoms with Crippen LogP contribution in [0.15, 0.2) is 0 Å². The molecule has 12 heavy (non-hydrogen) atoms. The lowest BCUT2D eigenvalue weighted by Gasteiger charge is -2.26. The summed E-state index contributed by atoms with van der Waals surface area (Å²) < 4.78 is 0. The van der Waals surface area contributed by atoms with Crippen molar-refractivity contribution in [1.82, 2.24) is 4.90 Å². The lowest BCUT2D eigenvalue weighted by Crippen LogP contribution is -2.34. The summed E-state index contributed by atoms with van der Waals surface area (Å²) in [7, 11) is 2.04. The van der Waals surface area contributed by atoms with E-state index in [1.54, 1.807) is 0 Å². The van der Waals surface area contributed by atoms with Gasteiger partial charge in [0.1, 0.15) is 0 Å². The zero-order valence-corrected chi connectivity index (χ0v) is 7.23. The maximum Gasteiger partial charge on any atom is 0.323 e. The Morgan fingerprint density at radius 1 is 1.58 bits per heavy atom. The molecule has 66 valence electrons. The fraction of sp³-hybridized carbons (Fsp3) is 0.750. The second kappa shape index (κ2) is 4.14. The van der Waals surface area contributed by atoms with Crippen molar-refractivity contribution in [3.05, 3.63) is 5.53 Å². The zero-order valence-electron chi connectivity index (χ0n) is 7.23. The van der Waals surface area contributed by atoms with Crippen LogP contribution in [0, 0.1) is 5.92 Å². The van der Waals surface area contributed by atoms with Crippen molar-refractivity contribution in [2.75, 3.05) is 20.1 Å². The summed E-state index contributed by atoms with van der Waals surface area (Å²) >= 11 is 0. The summed E-state index contributed by atoms with van der Waals surface area (Å²) in [5.74, 6) is 0.0164. The summed E-state index contributed by atoms with van der Waals surface area (Å²) in [6.45, 7) is 1.91. The number of carbonyl (C=O) groups is 1. The number of hydrogen-bond acceptors (Lipinski definition) is 2. The molecular weight excluding hydrogens is 154 g/mol. The molecule has 1 saturated heterocycles. The SMILES string of the molecule is CN1CCC(C(=O)C=[N+]=[N-])CC1. The molecular formula is C8H13N3O. The van der Waals surface area contributed by atoms with Crippen LogP contribution in [0.1, 0.15) is 12.8 Å². The summed E-state index contributed by atoms with van der Waals surface area (Å²) in [6.07, 6.45) is 2.76. The van der Waals surface area contributed by atoms with Crippen molar-refractivity contribution < 1.29 is 9.58 Å². The third kappa shape index (κ3) is 2.26. The highest BCUT2D eigenvalue weighted by Gasteiger charge is 2.23. The molecule has 0 atom stereocenters. The molecule has 0 aromatic heterocycles. The smallest absolute Gasteiger partial charge is 0.323 e. The summed E-state index contributed by atoms with van der Waals surface area (Å²) in [4.78, 5) is 16.1. The first-order chi connectivity index (χ1) is 5.74. The lowest BCUT2D eigenvalue weighted by molar-refractivity contribution is -0.120. The third-order valence-electron chi connectivity index (χ3n) is 2.31. The van der Waals surface area contributed by atoms with E-state index in [-0.39, 0.29) is 11.7 Å². The van der Waals surface area contributed by atoms with Crippen molar-refractivity contribution in [2.24, 2.45) is 5.92 Å². The second-order valence-electron chi connectivity index (χ2n) is 3.22. The maximum absolute atomic E-state index is 11.2. The molecule has 4 heteroatoms. The van der Waals surface area contributed by atoms with Gasteiger partial charge in [-0.3, -0.25) is 4.79 Å². The van der Waals surface area contributed by atoms with Gasteiger partial charge >= 0.3 is 6.21 Å². The maximum atomic E-state index is 11.2. The normalized spacial score (nSPS) is 20.1. The van der Waals surface area contributed by atoms with E-state index in [1.807, 2.05) is 7.05 Å². The minimum absolute atomic E-state index is 0.0504. The number of rotatable bonds is 2. The average molecular weight is 167 g/mol. The molecule has 1 rings (SSSR count). The van der Waals surface area contributed by atoms with Gasteiger partial charge in [0.2, 0.25) is 5.78 Å². The van der Waals surface area contributed by atoms with Crippen molar-refractivity contribution in [2.45, 2.75) is 12.8 Å². The standard InChI is InChI=1S/C8H13N3O/c1-11-4-2-7(3-5-11)8(12)6-10-9/h6-7H,2-5H2,1H3. The van der Waals surface area contributed by atoms with E-state index in [4.69, 9.17) is 5.53 Å². The van der Waals surface area contributed by atoms with Crippen LogP contribution in [-0.2, 0) is 4.79 Å². The lowest BCUT2D eigenvalue weighted by atomic mass is 9.93. The molecule has 1 fully saturated rings. The number of likely N-dealkylation sites (tertiary alicyclic amines) is 1. The largest absolute Gasteiger partial charge is 0.361 e. The Kier molecular flexibility index (Phi) is 3.14. The Bertz CT molecular complexity index is 212. The van der Waals surface area contributed by atoms with Crippen molar-refractivity contribution in [3.63, 3.8) is 0 Å². The number of piperidine rings is 1. The molecule has 0 amide bonds. The van der Waals surface area contributed by atoms with Gasteiger partial charge in [-0.2, -0.15) is 4.79 Å². The van der Waals surface area contributed by atoms with Gasteiger partial charge in [-0.25, -0.2) is 0 Å². The highest BCUT2D eigenvalue weighted by atomic mass is 16.1. The fourth-order valence-electron chi connectivity index (χ4n) is 1.46. The summed E-state index contributed by atoms with van der Waals surface area (Å²) in [6, 6.07) is 0. The molecule has 0 aromatic carbocycles. The van der Waals surface area contributed by atoms with Gasteiger partial charge < -0.3 is 10.4 Å².